The summed E-state index contributed by atoms with van der Waals surface area (Å²) in [6, 6.07) is 34.7. The van der Waals surface area contributed by atoms with E-state index in [9.17, 15) is 15.8 Å². The number of hydrogen-bond acceptors (Lipinski definition) is 5. The molecule has 1 heterocycles. The van der Waals surface area contributed by atoms with E-state index in [1.54, 1.807) is 18.2 Å². The summed E-state index contributed by atoms with van der Waals surface area (Å²) in [4.78, 5) is 9.55. The standard InChI is InChI=1S/C44H34N6O/c1-48-44(49-2)42(35-18-10-5-11-19-35)40(33-14-6-3-7-15-33)23-13-21-37-25-24-36(43(37)50-26-28-51-29-27-50)20-12-22-38(30-45)41(39(31-46)32-47)34-16-8-4-9-17-34/h3-23,39H,24-29H2/b21-13+,22-12+,36-20+,40-23+,41-38-. The van der Waals surface area contributed by atoms with Crippen molar-refractivity contribution in [2.24, 2.45) is 5.92 Å². The van der Waals surface area contributed by atoms with Gasteiger partial charge in [-0.3, -0.25) is 0 Å². The van der Waals surface area contributed by atoms with Crippen LogP contribution in [0.4, 0.5) is 0 Å². The van der Waals surface area contributed by atoms with Gasteiger partial charge < -0.3 is 9.64 Å². The van der Waals surface area contributed by atoms with E-state index in [2.05, 4.69) is 26.7 Å². The molecule has 246 valence electrons. The van der Waals surface area contributed by atoms with Gasteiger partial charge in [-0.15, -0.1) is 0 Å². The van der Waals surface area contributed by atoms with E-state index < -0.39 is 5.92 Å². The SMILES string of the molecule is [C-]#[N+]C([N+]#[C-])=C(/C(=C/C=C/C1=C(N2CCOCC2)C(=C/C=C/C(C#N)=C(\c2ccccc2)C(C#N)C#N)/CC1)c1ccccc1)c1ccccc1. The number of morpholine rings is 1. The minimum atomic E-state index is -1.09. The Kier molecular flexibility index (Phi) is 12.5. The minimum Gasteiger partial charge on any atom is -0.378 e. The van der Waals surface area contributed by atoms with Crippen molar-refractivity contribution < 1.29 is 4.74 Å². The molecule has 0 unspecified atom stereocenters. The first kappa shape index (κ1) is 35.4. The van der Waals surface area contributed by atoms with Crippen molar-refractivity contribution in [3.63, 3.8) is 0 Å². The Morgan fingerprint density at radius 3 is 1.92 bits per heavy atom. The summed E-state index contributed by atoms with van der Waals surface area (Å²) in [5, 5.41) is 29.5. The Hall–Kier alpha value is -6.95. The maximum atomic E-state index is 10.1. The van der Waals surface area contributed by atoms with Crippen molar-refractivity contribution in [2.75, 3.05) is 26.3 Å². The number of allylic oxidation sites excluding steroid dienone is 12. The molecule has 2 aliphatic rings. The fourth-order valence-corrected chi connectivity index (χ4v) is 6.28. The Balaban J connectivity index is 1.58. The highest BCUT2D eigenvalue weighted by molar-refractivity contribution is 6.07. The summed E-state index contributed by atoms with van der Waals surface area (Å²) in [5.74, 6) is -1.08. The van der Waals surface area contributed by atoms with Gasteiger partial charge in [0, 0.05) is 24.4 Å². The van der Waals surface area contributed by atoms with Gasteiger partial charge in [-0.2, -0.15) is 25.5 Å². The van der Waals surface area contributed by atoms with Crippen LogP contribution in [0.25, 0.3) is 26.4 Å². The zero-order valence-electron chi connectivity index (χ0n) is 28.0. The average Bonchev–Trinajstić information content (AvgIpc) is 3.60. The molecule has 5 rings (SSSR count). The molecule has 1 saturated heterocycles. The zero-order chi connectivity index (χ0) is 35.8. The van der Waals surface area contributed by atoms with E-state index in [1.807, 2.05) is 115 Å². The third-order valence-electron chi connectivity index (χ3n) is 8.61. The normalized spacial score (nSPS) is 16.0. The molecule has 7 heteroatoms. The summed E-state index contributed by atoms with van der Waals surface area (Å²) in [7, 11) is 0. The molecule has 1 fully saturated rings. The quantitative estimate of drug-likeness (QED) is 0.123. The van der Waals surface area contributed by atoms with Crippen LogP contribution < -0.4 is 0 Å². The first-order chi connectivity index (χ1) is 25.1. The molecule has 0 atom stereocenters. The van der Waals surface area contributed by atoms with Gasteiger partial charge in [0.2, 0.25) is 0 Å². The van der Waals surface area contributed by atoms with Crippen molar-refractivity contribution in [1.29, 1.82) is 15.8 Å². The molecular weight excluding hydrogens is 629 g/mol. The Morgan fingerprint density at radius 1 is 0.765 bits per heavy atom. The average molecular weight is 663 g/mol. The Labute approximate surface area is 299 Å². The monoisotopic (exact) mass is 662 g/mol. The third-order valence-corrected chi connectivity index (χ3v) is 8.61. The number of nitrogens with zero attached hydrogens (tertiary/aromatic N) is 6. The van der Waals surface area contributed by atoms with Crippen LogP contribution in [0, 0.1) is 53.1 Å². The zero-order valence-corrected chi connectivity index (χ0v) is 28.0. The van der Waals surface area contributed by atoms with Crippen molar-refractivity contribution in [3.8, 4) is 18.2 Å². The van der Waals surface area contributed by atoms with Gasteiger partial charge in [0.25, 0.3) is 0 Å². The molecule has 1 aliphatic heterocycles. The van der Waals surface area contributed by atoms with Crippen LogP contribution in [0.2, 0.25) is 0 Å². The van der Waals surface area contributed by atoms with Crippen LogP contribution in [0.5, 0.6) is 0 Å². The van der Waals surface area contributed by atoms with Crippen LogP contribution in [0.15, 0.2) is 156 Å². The Bertz CT molecular complexity index is 2130. The van der Waals surface area contributed by atoms with Gasteiger partial charge in [-0.1, -0.05) is 121 Å². The molecule has 0 aromatic heterocycles. The fraction of sp³-hybridized carbons (Fsp3) is 0.159. The third kappa shape index (κ3) is 8.56. The molecule has 0 radical (unpaired) electrons. The van der Waals surface area contributed by atoms with E-state index in [4.69, 9.17) is 17.9 Å². The smallest absolute Gasteiger partial charge is 0.378 e. The predicted octanol–water partition coefficient (Wildman–Crippen LogP) is 9.34. The summed E-state index contributed by atoms with van der Waals surface area (Å²) in [6.45, 7) is 18.3. The Morgan fingerprint density at radius 2 is 1.35 bits per heavy atom. The van der Waals surface area contributed by atoms with Gasteiger partial charge in [0.05, 0.1) is 42.6 Å². The molecule has 0 spiro atoms. The molecule has 51 heavy (non-hydrogen) atoms. The number of benzene rings is 3. The summed E-state index contributed by atoms with van der Waals surface area (Å²) < 4.78 is 5.67. The minimum absolute atomic E-state index is 0.00728. The lowest BCUT2D eigenvalue weighted by atomic mass is 9.90. The van der Waals surface area contributed by atoms with Gasteiger partial charge in [-0.25, -0.2) is 0 Å². The number of nitriles is 3. The maximum Gasteiger partial charge on any atom is 0.527 e. The van der Waals surface area contributed by atoms with Crippen LogP contribution in [0.3, 0.4) is 0 Å². The second kappa shape index (κ2) is 18.0. The van der Waals surface area contributed by atoms with E-state index in [0.717, 1.165) is 59.5 Å². The van der Waals surface area contributed by atoms with Gasteiger partial charge >= 0.3 is 5.82 Å². The van der Waals surface area contributed by atoms with Crippen molar-refractivity contribution in [2.45, 2.75) is 12.8 Å². The largest absolute Gasteiger partial charge is 0.527 e. The predicted molar refractivity (Wildman–Crippen MR) is 200 cm³/mol. The van der Waals surface area contributed by atoms with Crippen molar-refractivity contribution in [1.82, 2.24) is 4.90 Å². The lowest BCUT2D eigenvalue weighted by Gasteiger charge is -2.31. The highest BCUT2D eigenvalue weighted by atomic mass is 16.5. The lowest BCUT2D eigenvalue weighted by Crippen LogP contribution is -2.36. The fourth-order valence-electron chi connectivity index (χ4n) is 6.28. The lowest BCUT2D eigenvalue weighted by molar-refractivity contribution is 0.0547. The molecule has 3 aromatic rings. The summed E-state index contributed by atoms with van der Waals surface area (Å²) >= 11 is 0. The summed E-state index contributed by atoms with van der Waals surface area (Å²) in [5.41, 5.74) is 7.76. The van der Waals surface area contributed by atoms with Crippen molar-refractivity contribution in [3.05, 3.63) is 195 Å². The number of ether oxygens (including phenoxy) is 1. The van der Waals surface area contributed by atoms with Crippen molar-refractivity contribution >= 4 is 16.7 Å². The molecular formula is C44H34N6O. The van der Waals surface area contributed by atoms with Gasteiger partial charge in [0.15, 0.2) is 5.92 Å². The molecule has 1 aliphatic carbocycles. The highest BCUT2D eigenvalue weighted by Gasteiger charge is 2.25. The topological polar surface area (TPSA) is 92.6 Å². The van der Waals surface area contributed by atoms with E-state index in [1.165, 1.54) is 0 Å². The first-order valence-corrected chi connectivity index (χ1v) is 16.5. The van der Waals surface area contributed by atoms with E-state index >= 15 is 0 Å². The van der Waals surface area contributed by atoms with E-state index in [0.29, 0.717) is 29.9 Å². The molecule has 0 amide bonds. The van der Waals surface area contributed by atoms with Crippen LogP contribution >= 0.6 is 0 Å². The van der Waals surface area contributed by atoms with Gasteiger partial charge in [0.1, 0.15) is 13.1 Å². The molecule has 0 N–H and O–H groups in total. The van der Waals surface area contributed by atoms with Gasteiger partial charge in [-0.05, 0) is 52.3 Å². The first-order valence-electron chi connectivity index (χ1n) is 16.5. The molecule has 3 aromatic carbocycles. The number of rotatable bonds is 10. The summed E-state index contributed by atoms with van der Waals surface area (Å²) in [6.07, 6.45) is 13.2. The second-order valence-electron chi connectivity index (χ2n) is 11.6. The molecule has 0 bridgehead atoms. The van der Waals surface area contributed by atoms with Crippen LogP contribution in [0.1, 0.15) is 29.5 Å². The molecule has 0 saturated carbocycles. The molecule has 7 nitrogen and oxygen atoms in total. The second-order valence-corrected chi connectivity index (χ2v) is 11.6. The van der Waals surface area contributed by atoms with Crippen LogP contribution in [-0.2, 0) is 4.74 Å². The van der Waals surface area contributed by atoms with Crippen LogP contribution in [-0.4, -0.2) is 31.2 Å². The number of hydrogen-bond donors (Lipinski definition) is 0. The highest BCUT2D eigenvalue weighted by Crippen LogP contribution is 2.38. The van der Waals surface area contributed by atoms with E-state index in [-0.39, 0.29) is 11.4 Å². The maximum absolute atomic E-state index is 10.1.